The van der Waals surface area contributed by atoms with Crippen LogP contribution in [0.4, 0.5) is 0 Å². The normalized spacial score (nSPS) is 9.86. The summed E-state index contributed by atoms with van der Waals surface area (Å²) in [7, 11) is 0. The monoisotopic (exact) mass is 319 g/mol. The highest BCUT2D eigenvalue weighted by Crippen LogP contribution is 2.17. The van der Waals surface area contributed by atoms with Crippen LogP contribution in [0.15, 0.2) is 30.3 Å². The van der Waals surface area contributed by atoms with E-state index in [-0.39, 0.29) is 12.5 Å². The molecule has 2 rings (SSSR count). The summed E-state index contributed by atoms with van der Waals surface area (Å²) < 4.78 is 0. The van der Waals surface area contributed by atoms with Gasteiger partial charge in [-0.1, -0.05) is 29.5 Å². The van der Waals surface area contributed by atoms with Crippen molar-refractivity contribution in [3.05, 3.63) is 56.2 Å². The molecule has 1 aromatic heterocycles. The second kappa shape index (κ2) is 7.28. The van der Waals surface area contributed by atoms with Crippen LogP contribution in [0.1, 0.15) is 25.7 Å². The number of hydrogen-bond acceptors (Lipinski definition) is 3. The Labute approximate surface area is 132 Å². The van der Waals surface area contributed by atoms with Crippen LogP contribution in [-0.4, -0.2) is 17.6 Å². The zero-order valence-electron chi connectivity index (χ0n) is 11.4. The van der Waals surface area contributed by atoms with E-state index in [1.54, 1.807) is 12.1 Å². The number of thiophene rings is 1. The second-order valence-corrected chi connectivity index (χ2v) is 5.97. The molecule has 1 amide bonds. The topological polar surface area (TPSA) is 49.3 Å². The highest BCUT2D eigenvalue weighted by atomic mass is 35.5. The molecular formula is C16H14ClNO2S. The van der Waals surface area contributed by atoms with Gasteiger partial charge in [-0.2, -0.15) is 0 Å². The maximum absolute atomic E-state index is 12.1. The smallest absolute Gasteiger partial charge is 0.251 e. The highest BCUT2D eigenvalue weighted by Gasteiger charge is 2.09. The third-order valence-corrected chi connectivity index (χ3v) is 4.06. The Morgan fingerprint density at radius 3 is 2.95 bits per heavy atom. The van der Waals surface area contributed by atoms with Crippen molar-refractivity contribution in [1.82, 2.24) is 5.32 Å². The number of hydrogen-bond donors (Lipinski definition) is 2. The summed E-state index contributed by atoms with van der Waals surface area (Å²) in [6.45, 7) is 2.16. The zero-order chi connectivity index (χ0) is 15.2. The van der Waals surface area contributed by atoms with Gasteiger partial charge in [-0.15, -0.1) is 11.3 Å². The summed E-state index contributed by atoms with van der Waals surface area (Å²) in [4.78, 5) is 14.0. The minimum Gasteiger partial charge on any atom is -0.384 e. The van der Waals surface area contributed by atoms with Crippen LogP contribution in [0, 0.1) is 18.8 Å². The number of halogens is 1. The molecule has 0 aliphatic carbocycles. The van der Waals surface area contributed by atoms with Crippen LogP contribution in [0.5, 0.6) is 0 Å². The van der Waals surface area contributed by atoms with Crippen LogP contribution in [0.2, 0.25) is 5.02 Å². The minimum absolute atomic E-state index is 0.147. The molecule has 2 aromatic rings. The van der Waals surface area contributed by atoms with E-state index in [0.29, 0.717) is 17.1 Å². The zero-order valence-corrected chi connectivity index (χ0v) is 13.0. The minimum atomic E-state index is -0.155. The predicted octanol–water partition coefficient (Wildman–Crippen LogP) is 2.98. The first-order chi connectivity index (χ1) is 10.1. The molecule has 3 nitrogen and oxygen atoms in total. The standard InChI is InChI=1S/C16H14ClNO2S/c1-11-4-5-12(17)9-15(11)16(20)18-10-14-7-6-13(21-14)3-2-8-19/h4-7,9,19H,8,10H2,1H3,(H,18,20). The van der Waals surface area contributed by atoms with Crippen LogP contribution < -0.4 is 5.32 Å². The Bertz CT molecular complexity index is 713. The third kappa shape index (κ3) is 4.33. The van der Waals surface area contributed by atoms with Gasteiger partial charge in [-0.3, -0.25) is 4.79 Å². The lowest BCUT2D eigenvalue weighted by Gasteiger charge is -2.07. The number of carbonyl (C=O) groups excluding carboxylic acids is 1. The average molecular weight is 320 g/mol. The van der Waals surface area contributed by atoms with Crippen LogP contribution >= 0.6 is 22.9 Å². The average Bonchev–Trinajstić information content (AvgIpc) is 2.93. The number of aliphatic hydroxyl groups is 1. The molecule has 0 aliphatic heterocycles. The maximum Gasteiger partial charge on any atom is 0.251 e. The van der Waals surface area contributed by atoms with Crippen LogP contribution in [0.3, 0.4) is 0 Å². The molecule has 0 bridgehead atoms. The summed E-state index contributed by atoms with van der Waals surface area (Å²) in [6, 6.07) is 9.04. The first-order valence-corrected chi connectivity index (χ1v) is 7.52. The molecule has 0 unspecified atom stereocenters. The van der Waals surface area contributed by atoms with Crippen molar-refractivity contribution in [2.24, 2.45) is 0 Å². The van der Waals surface area contributed by atoms with Gasteiger partial charge in [0.1, 0.15) is 6.61 Å². The number of aryl methyl sites for hydroxylation is 1. The molecule has 2 N–H and O–H groups in total. The summed E-state index contributed by atoms with van der Waals surface area (Å²) >= 11 is 7.41. The summed E-state index contributed by atoms with van der Waals surface area (Å²) in [5.74, 6) is 5.29. The Balaban J connectivity index is 2.01. The van der Waals surface area contributed by atoms with Crippen molar-refractivity contribution in [2.75, 3.05) is 6.61 Å². The fraction of sp³-hybridized carbons (Fsp3) is 0.188. The van der Waals surface area contributed by atoms with Crippen molar-refractivity contribution in [3.63, 3.8) is 0 Å². The van der Waals surface area contributed by atoms with Crippen LogP contribution in [0.25, 0.3) is 0 Å². The van der Waals surface area contributed by atoms with Gasteiger partial charge < -0.3 is 10.4 Å². The molecule has 5 heteroatoms. The second-order valence-electron chi connectivity index (χ2n) is 4.37. The molecule has 1 aromatic carbocycles. The number of amides is 1. The number of carbonyl (C=O) groups is 1. The van der Waals surface area contributed by atoms with Gasteiger partial charge in [0, 0.05) is 15.5 Å². The van der Waals surface area contributed by atoms with Gasteiger partial charge in [-0.05, 0) is 36.8 Å². The highest BCUT2D eigenvalue weighted by molar-refractivity contribution is 7.12. The lowest BCUT2D eigenvalue weighted by Crippen LogP contribution is -2.23. The molecule has 0 aliphatic rings. The molecular weight excluding hydrogens is 306 g/mol. The first kappa shape index (κ1) is 15.6. The Morgan fingerprint density at radius 1 is 1.38 bits per heavy atom. The molecule has 1 heterocycles. The van der Waals surface area contributed by atoms with Crippen molar-refractivity contribution in [3.8, 4) is 11.8 Å². The van der Waals surface area contributed by atoms with E-state index >= 15 is 0 Å². The van der Waals surface area contributed by atoms with Gasteiger partial charge in [0.15, 0.2) is 0 Å². The SMILES string of the molecule is Cc1ccc(Cl)cc1C(=O)NCc1ccc(C#CCO)s1. The van der Waals surface area contributed by atoms with E-state index < -0.39 is 0 Å². The molecule has 0 radical (unpaired) electrons. The van der Waals surface area contributed by atoms with Gasteiger partial charge in [0.2, 0.25) is 0 Å². The van der Waals surface area contributed by atoms with Crippen molar-refractivity contribution in [1.29, 1.82) is 0 Å². The molecule has 0 fully saturated rings. The molecule has 108 valence electrons. The quantitative estimate of drug-likeness (QED) is 0.855. The summed E-state index contributed by atoms with van der Waals surface area (Å²) in [6.07, 6.45) is 0. The van der Waals surface area contributed by atoms with Crippen molar-refractivity contribution in [2.45, 2.75) is 13.5 Å². The maximum atomic E-state index is 12.1. The third-order valence-electron chi connectivity index (χ3n) is 2.82. The number of benzene rings is 1. The fourth-order valence-electron chi connectivity index (χ4n) is 1.77. The lowest BCUT2D eigenvalue weighted by molar-refractivity contribution is 0.0950. The van der Waals surface area contributed by atoms with E-state index in [1.807, 2.05) is 25.1 Å². The van der Waals surface area contributed by atoms with Gasteiger partial charge in [0.05, 0.1) is 11.4 Å². The van der Waals surface area contributed by atoms with E-state index in [4.69, 9.17) is 16.7 Å². The number of nitrogens with one attached hydrogen (secondary N) is 1. The molecule has 0 saturated carbocycles. The molecule has 0 atom stereocenters. The number of aliphatic hydroxyl groups excluding tert-OH is 1. The summed E-state index contributed by atoms with van der Waals surface area (Å²) in [5.41, 5.74) is 1.47. The number of rotatable bonds is 3. The Hall–Kier alpha value is -1.80. The predicted molar refractivity (Wildman–Crippen MR) is 85.6 cm³/mol. The van der Waals surface area contributed by atoms with Crippen molar-refractivity contribution < 1.29 is 9.90 Å². The van der Waals surface area contributed by atoms with Gasteiger partial charge >= 0.3 is 0 Å². The van der Waals surface area contributed by atoms with E-state index in [1.165, 1.54) is 11.3 Å². The van der Waals surface area contributed by atoms with Gasteiger partial charge in [0.25, 0.3) is 5.91 Å². The molecule has 0 saturated heterocycles. The summed E-state index contributed by atoms with van der Waals surface area (Å²) in [5, 5.41) is 12.1. The fourth-order valence-corrected chi connectivity index (χ4v) is 2.76. The van der Waals surface area contributed by atoms with Gasteiger partial charge in [-0.25, -0.2) is 0 Å². The van der Waals surface area contributed by atoms with Crippen LogP contribution in [-0.2, 0) is 6.54 Å². The Kier molecular flexibility index (Phi) is 5.40. The first-order valence-electron chi connectivity index (χ1n) is 6.33. The van der Waals surface area contributed by atoms with Crippen molar-refractivity contribution >= 4 is 28.8 Å². The molecule has 21 heavy (non-hydrogen) atoms. The Morgan fingerprint density at radius 2 is 2.19 bits per heavy atom. The van der Waals surface area contributed by atoms with E-state index in [9.17, 15) is 4.79 Å². The van der Waals surface area contributed by atoms with E-state index in [2.05, 4.69) is 17.2 Å². The van der Waals surface area contributed by atoms with E-state index in [0.717, 1.165) is 15.3 Å². The largest absolute Gasteiger partial charge is 0.384 e. The molecule has 0 spiro atoms. The lowest BCUT2D eigenvalue weighted by atomic mass is 10.1.